The molecule has 0 fully saturated rings. The maximum atomic E-state index is 11.6. The normalized spacial score (nSPS) is 9.94. The second kappa shape index (κ2) is 5.11. The maximum absolute atomic E-state index is 11.6. The number of aryl methyl sites for hydroxylation is 1. The molecule has 0 radical (unpaired) electrons. The Labute approximate surface area is 98.5 Å². The molecule has 0 aliphatic heterocycles. The fraction of sp³-hybridized carbons (Fsp3) is 0.182. The number of urea groups is 1. The topological polar surface area (TPSA) is 82.7 Å². The highest BCUT2D eigenvalue weighted by Crippen LogP contribution is 2.15. The van der Waals surface area contributed by atoms with E-state index in [1.54, 1.807) is 0 Å². The number of nitrogens with zero attached hydrogens (tertiary/aromatic N) is 2. The van der Waals surface area contributed by atoms with Crippen LogP contribution in [0.5, 0.6) is 0 Å². The lowest BCUT2D eigenvalue weighted by Crippen LogP contribution is -2.20. The van der Waals surface area contributed by atoms with E-state index >= 15 is 0 Å². The number of anilines is 2. The van der Waals surface area contributed by atoms with Crippen LogP contribution in [0, 0.1) is 0 Å². The highest BCUT2D eigenvalue weighted by molar-refractivity contribution is 5.99. The predicted molar refractivity (Wildman–Crippen MR) is 64.8 cm³/mol. The van der Waals surface area contributed by atoms with E-state index in [0.717, 1.165) is 17.7 Å². The van der Waals surface area contributed by atoms with Crippen LogP contribution in [0.1, 0.15) is 12.5 Å². The van der Waals surface area contributed by atoms with Crippen molar-refractivity contribution >= 4 is 17.7 Å². The number of hydrogen-bond acceptors (Lipinski definition) is 3. The Hall–Kier alpha value is -2.37. The molecule has 0 aliphatic rings. The first-order valence-electron chi connectivity index (χ1n) is 5.31. The summed E-state index contributed by atoms with van der Waals surface area (Å²) in [4.78, 5) is 15.4. The molecule has 0 aliphatic carbocycles. The SMILES string of the molecule is CCc1ccccc1NC(=O)Nc1ncn[nH]1. The zero-order chi connectivity index (χ0) is 12.1. The molecule has 2 aromatic rings. The Morgan fingerprint density at radius 3 is 2.88 bits per heavy atom. The molecular weight excluding hydrogens is 218 g/mol. The molecule has 6 nitrogen and oxygen atoms in total. The molecule has 1 aromatic heterocycles. The summed E-state index contributed by atoms with van der Waals surface area (Å²) in [6.07, 6.45) is 2.19. The maximum Gasteiger partial charge on any atom is 0.326 e. The summed E-state index contributed by atoms with van der Waals surface area (Å²) in [6.45, 7) is 2.04. The second-order valence-corrected chi connectivity index (χ2v) is 3.42. The molecule has 0 unspecified atom stereocenters. The van der Waals surface area contributed by atoms with E-state index in [4.69, 9.17) is 0 Å². The number of para-hydroxylation sites is 1. The van der Waals surface area contributed by atoms with Crippen molar-refractivity contribution in [3.05, 3.63) is 36.2 Å². The van der Waals surface area contributed by atoms with Crippen LogP contribution >= 0.6 is 0 Å². The highest BCUT2D eigenvalue weighted by Gasteiger charge is 2.06. The number of hydrogen-bond donors (Lipinski definition) is 3. The largest absolute Gasteiger partial charge is 0.326 e. The van der Waals surface area contributed by atoms with Crippen LogP contribution in [0.15, 0.2) is 30.6 Å². The first kappa shape index (κ1) is 11.1. The quantitative estimate of drug-likeness (QED) is 0.755. The Bertz CT molecular complexity index is 494. The Kier molecular flexibility index (Phi) is 3.34. The number of amides is 2. The van der Waals surface area contributed by atoms with Crippen molar-refractivity contribution in [3.8, 4) is 0 Å². The molecule has 2 rings (SSSR count). The summed E-state index contributed by atoms with van der Waals surface area (Å²) >= 11 is 0. The summed E-state index contributed by atoms with van der Waals surface area (Å²) in [7, 11) is 0. The van der Waals surface area contributed by atoms with Gasteiger partial charge in [0.05, 0.1) is 0 Å². The van der Waals surface area contributed by atoms with Crippen molar-refractivity contribution < 1.29 is 4.79 Å². The minimum Gasteiger partial charge on any atom is -0.307 e. The van der Waals surface area contributed by atoms with Crippen molar-refractivity contribution in [1.82, 2.24) is 15.2 Å². The van der Waals surface area contributed by atoms with Crippen LogP contribution in [-0.4, -0.2) is 21.2 Å². The number of carbonyl (C=O) groups is 1. The van der Waals surface area contributed by atoms with Crippen LogP contribution in [-0.2, 0) is 6.42 Å². The van der Waals surface area contributed by atoms with E-state index in [2.05, 4.69) is 25.8 Å². The average molecular weight is 231 g/mol. The summed E-state index contributed by atoms with van der Waals surface area (Å²) < 4.78 is 0. The summed E-state index contributed by atoms with van der Waals surface area (Å²) in [5.74, 6) is 0.316. The highest BCUT2D eigenvalue weighted by atomic mass is 16.2. The van der Waals surface area contributed by atoms with Gasteiger partial charge in [-0.3, -0.25) is 5.32 Å². The van der Waals surface area contributed by atoms with Gasteiger partial charge in [-0.1, -0.05) is 25.1 Å². The van der Waals surface area contributed by atoms with Gasteiger partial charge in [-0.05, 0) is 18.1 Å². The fourth-order valence-electron chi connectivity index (χ4n) is 1.48. The summed E-state index contributed by atoms with van der Waals surface area (Å²) in [5, 5.41) is 11.5. The predicted octanol–water partition coefficient (Wildman–Crippen LogP) is 2.01. The van der Waals surface area contributed by atoms with Gasteiger partial charge in [0.1, 0.15) is 6.33 Å². The summed E-state index contributed by atoms with van der Waals surface area (Å²) in [6, 6.07) is 7.31. The molecule has 1 aromatic carbocycles. The molecule has 17 heavy (non-hydrogen) atoms. The number of nitrogens with one attached hydrogen (secondary N) is 3. The minimum atomic E-state index is -0.345. The molecule has 0 atom stereocenters. The van der Waals surface area contributed by atoms with Gasteiger partial charge >= 0.3 is 6.03 Å². The third-order valence-electron chi connectivity index (χ3n) is 2.29. The van der Waals surface area contributed by atoms with Gasteiger partial charge in [0.25, 0.3) is 0 Å². The molecule has 0 saturated carbocycles. The van der Waals surface area contributed by atoms with Crippen molar-refractivity contribution in [2.24, 2.45) is 0 Å². The molecule has 6 heteroatoms. The Morgan fingerprint density at radius 1 is 1.35 bits per heavy atom. The van der Waals surface area contributed by atoms with Gasteiger partial charge in [-0.15, -0.1) is 0 Å². The molecule has 0 spiro atoms. The van der Waals surface area contributed by atoms with Crippen molar-refractivity contribution in [3.63, 3.8) is 0 Å². The molecule has 3 N–H and O–H groups in total. The number of aromatic amines is 1. The third-order valence-corrected chi connectivity index (χ3v) is 2.29. The Balaban J connectivity index is 2.03. The molecule has 1 heterocycles. The monoisotopic (exact) mass is 231 g/mol. The first-order chi connectivity index (χ1) is 8.29. The van der Waals surface area contributed by atoms with Gasteiger partial charge in [-0.25, -0.2) is 9.89 Å². The van der Waals surface area contributed by atoms with Crippen LogP contribution in [0.3, 0.4) is 0 Å². The van der Waals surface area contributed by atoms with Gasteiger partial charge < -0.3 is 5.32 Å². The average Bonchev–Trinajstić information content (AvgIpc) is 2.82. The lowest BCUT2D eigenvalue weighted by atomic mass is 10.1. The number of rotatable bonds is 3. The van der Waals surface area contributed by atoms with Gasteiger partial charge in [0, 0.05) is 5.69 Å². The number of H-pyrrole nitrogens is 1. The molecule has 88 valence electrons. The fourth-order valence-corrected chi connectivity index (χ4v) is 1.48. The van der Waals surface area contributed by atoms with Crippen molar-refractivity contribution in [1.29, 1.82) is 0 Å². The van der Waals surface area contributed by atoms with Gasteiger partial charge in [-0.2, -0.15) is 10.1 Å². The summed E-state index contributed by atoms with van der Waals surface area (Å²) in [5.41, 5.74) is 1.88. The van der Waals surface area contributed by atoms with E-state index < -0.39 is 0 Å². The molecule has 0 bridgehead atoms. The number of aromatic nitrogens is 3. The second-order valence-electron chi connectivity index (χ2n) is 3.42. The minimum absolute atomic E-state index is 0.316. The zero-order valence-corrected chi connectivity index (χ0v) is 9.40. The van der Waals surface area contributed by atoms with Crippen LogP contribution in [0.4, 0.5) is 16.4 Å². The van der Waals surface area contributed by atoms with Crippen LogP contribution < -0.4 is 10.6 Å². The molecular formula is C11H13N5O. The number of carbonyl (C=O) groups excluding carboxylic acids is 1. The van der Waals surface area contributed by atoms with E-state index in [1.165, 1.54) is 6.33 Å². The van der Waals surface area contributed by atoms with E-state index in [0.29, 0.717) is 5.95 Å². The molecule has 0 saturated heterocycles. The van der Waals surface area contributed by atoms with E-state index in [-0.39, 0.29) is 6.03 Å². The lowest BCUT2D eigenvalue weighted by Gasteiger charge is -2.09. The number of benzene rings is 1. The lowest BCUT2D eigenvalue weighted by molar-refractivity contribution is 0.262. The zero-order valence-electron chi connectivity index (χ0n) is 9.40. The Morgan fingerprint density at radius 2 is 2.18 bits per heavy atom. The van der Waals surface area contributed by atoms with Crippen molar-refractivity contribution in [2.75, 3.05) is 10.6 Å². The smallest absolute Gasteiger partial charge is 0.307 e. The van der Waals surface area contributed by atoms with E-state index in [9.17, 15) is 4.79 Å². The first-order valence-corrected chi connectivity index (χ1v) is 5.31. The third kappa shape index (κ3) is 2.81. The van der Waals surface area contributed by atoms with Crippen LogP contribution in [0.2, 0.25) is 0 Å². The molecule has 2 amide bonds. The van der Waals surface area contributed by atoms with Crippen molar-refractivity contribution in [2.45, 2.75) is 13.3 Å². The van der Waals surface area contributed by atoms with Gasteiger partial charge in [0.15, 0.2) is 0 Å². The van der Waals surface area contributed by atoms with Gasteiger partial charge in [0.2, 0.25) is 5.95 Å². The standard InChI is InChI=1S/C11H13N5O/c1-2-8-5-3-4-6-9(8)14-11(17)15-10-12-7-13-16-10/h3-7H,2H2,1H3,(H3,12,13,14,15,16,17). The van der Waals surface area contributed by atoms with Crippen LogP contribution in [0.25, 0.3) is 0 Å². The van der Waals surface area contributed by atoms with E-state index in [1.807, 2.05) is 31.2 Å².